The van der Waals surface area contributed by atoms with Gasteiger partial charge in [-0.05, 0) is 48.5 Å². The second-order valence-electron chi connectivity index (χ2n) is 6.29. The second kappa shape index (κ2) is 8.15. The van der Waals surface area contributed by atoms with Gasteiger partial charge in [-0.25, -0.2) is 9.69 Å². The summed E-state index contributed by atoms with van der Waals surface area (Å²) in [4.78, 5) is 49.4. The number of benzene rings is 2. The number of hydrogen-bond donors (Lipinski definition) is 3. The molecule has 1 aliphatic heterocycles. The molecule has 5 amide bonds. The van der Waals surface area contributed by atoms with E-state index in [9.17, 15) is 19.2 Å². The first kappa shape index (κ1) is 20.1. The highest BCUT2D eigenvalue weighted by molar-refractivity contribution is 6.31. The van der Waals surface area contributed by atoms with Crippen molar-refractivity contribution < 1.29 is 19.2 Å². The molecule has 29 heavy (non-hydrogen) atoms. The summed E-state index contributed by atoms with van der Waals surface area (Å²) in [6, 6.07) is 11.9. The quantitative estimate of drug-likeness (QED) is 0.654. The normalized spacial score (nSPS) is 16.3. The van der Waals surface area contributed by atoms with Gasteiger partial charge in [0.15, 0.2) is 5.92 Å². The first-order valence-corrected chi connectivity index (χ1v) is 8.92. The minimum atomic E-state index is -1.31. The number of urea groups is 1. The summed E-state index contributed by atoms with van der Waals surface area (Å²) in [6.07, 6.45) is 0. The molecular weight excluding hydrogens is 396 g/mol. The van der Waals surface area contributed by atoms with Gasteiger partial charge in [0.25, 0.3) is 5.91 Å². The van der Waals surface area contributed by atoms with Crippen molar-refractivity contribution in [3.8, 4) is 0 Å². The first-order valence-electron chi connectivity index (χ1n) is 8.54. The van der Waals surface area contributed by atoms with Crippen LogP contribution in [-0.4, -0.2) is 23.8 Å². The van der Waals surface area contributed by atoms with Crippen LogP contribution in [0.25, 0.3) is 0 Å². The van der Waals surface area contributed by atoms with Crippen LogP contribution in [0.15, 0.2) is 60.8 Å². The standard InChI is InChI=1S/C20H17ClN4O4/c1-11(22-14-5-7-15(8-6-14)23-12(2)26)17-18(27)24-20(29)25(19(17)28)16-9-3-13(21)4-10-16/h3-10,17,22H,1H2,2H3,(H,23,26)(H,24,27,29)/t17-/m0/s1. The lowest BCUT2D eigenvalue weighted by atomic mass is 10.0. The number of hydrogen-bond acceptors (Lipinski definition) is 5. The number of rotatable bonds is 5. The fraction of sp³-hybridized carbons (Fsp3) is 0.100. The van der Waals surface area contributed by atoms with E-state index in [1.807, 2.05) is 0 Å². The van der Waals surface area contributed by atoms with E-state index in [1.54, 1.807) is 24.3 Å². The fourth-order valence-corrected chi connectivity index (χ4v) is 2.94. The largest absolute Gasteiger partial charge is 0.358 e. The van der Waals surface area contributed by atoms with Gasteiger partial charge in [0.1, 0.15) is 0 Å². The van der Waals surface area contributed by atoms with Crippen LogP contribution in [-0.2, 0) is 14.4 Å². The minimum absolute atomic E-state index is 0.103. The molecule has 2 aromatic carbocycles. The van der Waals surface area contributed by atoms with Gasteiger partial charge in [-0.15, -0.1) is 0 Å². The Morgan fingerprint density at radius 3 is 2.10 bits per heavy atom. The molecule has 2 aromatic rings. The Hall–Kier alpha value is -3.65. The predicted molar refractivity (Wildman–Crippen MR) is 109 cm³/mol. The van der Waals surface area contributed by atoms with Crippen molar-refractivity contribution >= 4 is 52.4 Å². The number of carbonyl (C=O) groups is 4. The lowest BCUT2D eigenvalue weighted by Gasteiger charge is -2.31. The van der Waals surface area contributed by atoms with Crippen molar-refractivity contribution in [1.82, 2.24) is 5.32 Å². The summed E-state index contributed by atoms with van der Waals surface area (Å²) in [7, 11) is 0. The van der Waals surface area contributed by atoms with Crippen LogP contribution >= 0.6 is 11.6 Å². The molecule has 9 heteroatoms. The molecule has 1 heterocycles. The van der Waals surface area contributed by atoms with E-state index in [2.05, 4.69) is 22.5 Å². The molecule has 1 atom stereocenters. The van der Waals surface area contributed by atoms with Crippen LogP contribution in [0.5, 0.6) is 0 Å². The highest BCUT2D eigenvalue weighted by Crippen LogP contribution is 2.26. The van der Waals surface area contributed by atoms with E-state index in [0.29, 0.717) is 16.4 Å². The lowest BCUT2D eigenvalue weighted by molar-refractivity contribution is -0.132. The van der Waals surface area contributed by atoms with Crippen LogP contribution in [0.4, 0.5) is 21.9 Å². The molecule has 3 rings (SSSR count). The van der Waals surface area contributed by atoms with Gasteiger partial charge < -0.3 is 10.6 Å². The number of halogens is 1. The zero-order valence-corrected chi connectivity index (χ0v) is 16.1. The highest BCUT2D eigenvalue weighted by atomic mass is 35.5. The fourth-order valence-electron chi connectivity index (χ4n) is 2.81. The Morgan fingerprint density at radius 1 is 1.00 bits per heavy atom. The van der Waals surface area contributed by atoms with Gasteiger partial charge in [0.2, 0.25) is 11.8 Å². The third-order valence-electron chi connectivity index (χ3n) is 4.11. The number of nitrogens with zero attached hydrogens (tertiary/aromatic N) is 1. The van der Waals surface area contributed by atoms with Crippen molar-refractivity contribution in [3.05, 3.63) is 65.8 Å². The van der Waals surface area contributed by atoms with Crippen molar-refractivity contribution in [2.45, 2.75) is 6.92 Å². The number of anilines is 3. The third kappa shape index (κ3) is 4.44. The number of barbiturate groups is 1. The molecule has 0 radical (unpaired) electrons. The van der Waals surface area contributed by atoms with Gasteiger partial charge in [-0.3, -0.25) is 19.7 Å². The molecular formula is C20H17ClN4O4. The Balaban J connectivity index is 1.79. The SMILES string of the molecule is C=C(Nc1ccc(NC(C)=O)cc1)[C@H]1C(=O)NC(=O)N(c2ccc(Cl)cc2)C1=O. The van der Waals surface area contributed by atoms with Crippen LogP contribution in [0.1, 0.15) is 6.92 Å². The van der Waals surface area contributed by atoms with Crippen molar-refractivity contribution in [2.24, 2.45) is 5.92 Å². The van der Waals surface area contributed by atoms with E-state index in [4.69, 9.17) is 11.6 Å². The average Bonchev–Trinajstić information content (AvgIpc) is 2.64. The van der Waals surface area contributed by atoms with Gasteiger partial charge in [-0.1, -0.05) is 18.2 Å². The first-order chi connectivity index (χ1) is 13.8. The van der Waals surface area contributed by atoms with Crippen LogP contribution < -0.4 is 20.9 Å². The smallest absolute Gasteiger partial charge is 0.335 e. The zero-order chi connectivity index (χ0) is 21.1. The molecule has 0 bridgehead atoms. The Morgan fingerprint density at radius 2 is 1.55 bits per heavy atom. The second-order valence-corrected chi connectivity index (χ2v) is 6.72. The summed E-state index contributed by atoms with van der Waals surface area (Å²) < 4.78 is 0. The summed E-state index contributed by atoms with van der Waals surface area (Å²) in [5, 5.41) is 8.15. The monoisotopic (exact) mass is 412 g/mol. The van der Waals surface area contributed by atoms with Gasteiger partial charge in [-0.2, -0.15) is 0 Å². The summed E-state index contributed by atoms with van der Waals surface area (Å²) in [5.74, 6) is -3.00. The predicted octanol–water partition coefficient (Wildman–Crippen LogP) is 3.12. The van der Waals surface area contributed by atoms with Crippen molar-refractivity contribution in [1.29, 1.82) is 0 Å². The maximum atomic E-state index is 12.9. The molecule has 0 aromatic heterocycles. The van der Waals surface area contributed by atoms with E-state index in [-0.39, 0.29) is 17.3 Å². The van der Waals surface area contributed by atoms with Gasteiger partial charge >= 0.3 is 6.03 Å². The Kier molecular flexibility index (Phi) is 5.65. The molecule has 0 aliphatic carbocycles. The number of nitrogens with one attached hydrogen (secondary N) is 3. The van der Waals surface area contributed by atoms with Crippen molar-refractivity contribution in [3.63, 3.8) is 0 Å². The van der Waals surface area contributed by atoms with E-state index >= 15 is 0 Å². The molecule has 0 unspecified atom stereocenters. The van der Waals surface area contributed by atoms with E-state index in [0.717, 1.165) is 4.90 Å². The highest BCUT2D eigenvalue weighted by Gasteiger charge is 2.42. The summed E-state index contributed by atoms with van der Waals surface area (Å²) in [5.41, 5.74) is 1.53. The Bertz CT molecular complexity index is 1000. The molecule has 0 spiro atoms. The molecule has 3 N–H and O–H groups in total. The van der Waals surface area contributed by atoms with Gasteiger partial charge in [0, 0.05) is 29.0 Å². The van der Waals surface area contributed by atoms with E-state index < -0.39 is 23.8 Å². The van der Waals surface area contributed by atoms with Crippen molar-refractivity contribution in [2.75, 3.05) is 15.5 Å². The average molecular weight is 413 g/mol. The third-order valence-corrected chi connectivity index (χ3v) is 4.36. The Labute approximate surface area is 171 Å². The van der Waals surface area contributed by atoms with Gasteiger partial charge in [0.05, 0.1) is 5.69 Å². The van der Waals surface area contributed by atoms with E-state index in [1.165, 1.54) is 31.2 Å². The number of carbonyl (C=O) groups excluding carboxylic acids is 4. The molecule has 0 saturated carbocycles. The molecule has 1 saturated heterocycles. The lowest BCUT2D eigenvalue weighted by Crippen LogP contribution is -2.59. The maximum absolute atomic E-state index is 12.9. The van der Waals surface area contributed by atoms with Crippen LogP contribution in [0.2, 0.25) is 5.02 Å². The summed E-state index contributed by atoms with van der Waals surface area (Å²) in [6.45, 7) is 5.19. The minimum Gasteiger partial charge on any atom is -0.358 e. The maximum Gasteiger partial charge on any atom is 0.335 e. The van der Waals surface area contributed by atoms with Crippen LogP contribution in [0, 0.1) is 5.92 Å². The number of amides is 5. The summed E-state index contributed by atoms with van der Waals surface area (Å²) >= 11 is 5.85. The molecule has 148 valence electrons. The molecule has 1 aliphatic rings. The molecule has 8 nitrogen and oxygen atoms in total. The number of imide groups is 2. The molecule has 1 fully saturated rings. The van der Waals surface area contributed by atoms with Crippen LogP contribution in [0.3, 0.4) is 0 Å². The zero-order valence-electron chi connectivity index (χ0n) is 15.4. The topological polar surface area (TPSA) is 108 Å².